The van der Waals surface area contributed by atoms with Gasteiger partial charge in [-0.25, -0.2) is 8.42 Å². The highest BCUT2D eigenvalue weighted by Gasteiger charge is 2.37. The van der Waals surface area contributed by atoms with Gasteiger partial charge in [-0.3, -0.25) is 0 Å². The SMILES string of the molecule is CC1CCN([C@@H]2CC[C@H](N(C)S(=O)(=O)c3cccc(Br)c3)C2)CC1. The third-order valence-electron chi connectivity index (χ3n) is 5.70. The van der Waals surface area contributed by atoms with Crippen molar-refractivity contribution in [1.82, 2.24) is 9.21 Å². The molecule has 4 nitrogen and oxygen atoms in total. The Bertz CT molecular complexity index is 671. The van der Waals surface area contributed by atoms with Gasteiger partial charge in [-0.1, -0.05) is 28.9 Å². The summed E-state index contributed by atoms with van der Waals surface area (Å²) in [6, 6.07) is 7.64. The number of rotatable bonds is 4. The minimum atomic E-state index is -3.42. The Morgan fingerprint density at radius 3 is 2.54 bits per heavy atom. The Hall–Kier alpha value is -0.430. The number of sulfonamides is 1. The van der Waals surface area contributed by atoms with Crippen LogP contribution in [0.15, 0.2) is 33.6 Å². The normalized spacial score (nSPS) is 27.0. The molecule has 0 aromatic heterocycles. The van der Waals surface area contributed by atoms with E-state index in [-0.39, 0.29) is 6.04 Å². The van der Waals surface area contributed by atoms with E-state index in [1.807, 2.05) is 6.07 Å². The first-order chi connectivity index (χ1) is 11.4. The highest BCUT2D eigenvalue weighted by molar-refractivity contribution is 9.10. The van der Waals surface area contributed by atoms with Crippen LogP contribution in [0.5, 0.6) is 0 Å². The standard InChI is InChI=1S/C18H27BrN2O2S/c1-14-8-10-21(11-9-14)17-7-6-16(13-17)20(2)24(22,23)18-5-3-4-15(19)12-18/h3-5,12,14,16-17H,6-11,13H2,1-2H3/t16-,17+/m0/s1. The molecule has 0 bridgehead atoms. The summed E-state index contributed by atoms with van der Waals surface area (Å²) >= 11 is 3.36. The predicted octanol–water partition coefficient (Wildman–Crippen LogP) is 3.72. The van der Waals surface area contributed by atoms with Gasteiger partial charge in [0.05, 0.1) is 4.90 Å². The molecule has 6 heteroatoms. The lowest BCUT2D eigenvalue weighted by molar-refractivity contribution is 0.136. The van der Waals surface area contributed by atoms with Crippen LogP contribution >= 0.6 is 15.9 Å². The van der Waals surface area contributed by atoms with Crippen molar-refractivity contribution in [2.24, 2.45) is 5.92 Å². The van der Waals surface area contributed by atoms with Crippen molar-refractivity contribution >= 4 is 26.0 Å². The molecule has 2 aliphatic rings. The topological polar surface area (TPSA) is 40.6 Å². The van der Waals surface area contributed by atoms with Crippen LogP contribution in [0.2, 0.25) is 0 Å². The van der Waals surface area contributed by atoms with Crippen LogP contribution in [0.4, 0.5) is 0 Å². The van der Waals surface area contributed by atoms with Gasteiger partial charge in [-0.15, -0.1) is 0 Å². The molecule has 1 aromatic carbocycles. The van der Waals surface area contributed by atoms with Gasteiger partial charge in [0.25, 0.3) is 0 Å². The van der Waals surface area contributed by atoms with Crippen molar-refractivity contribution in [2.75, 3.05) is 20.1 Å². The summed E-state index contributed by atoms with van der Waals surface area (Å²) in [6.07, 6.45) is 5.57. The van der Waals surface area contributed by atoms with E-state index in [4.69, 9.17) is 0 Å². The third-order valence-corrected chi connectivity index (χ3v) is 8.10. The second kappa shape index (κ2) is 7.44. The fourth-order valence-corrected chi connectivity index (χ4v) is 5.97. The monoisotopic (exact) mass is 414 g/mol. The summed E-state index contributed by atoms with van der Waals surface area (Å²) in [5.41, 5.74) is 0. The van der Waals surface area contributed by atoms with Crippen LogP contribution in [-0.4, -0.2) is 49.8 Å². The van der Waals surface area contributed by atoms with E-state index in [0.29, 0.717) is 10.9 Å². The van der Waals surface area contributed by atoms with Gasteiger partial charge in [0.2, 0.25) is 10.0 Å². The van der Waals surface area contributed by atoms with Crippen molar-refractivity contribution in [3.63, 3.8) is 0 Å². The molecule has 0 amide bonds. The number of likely N-dealkylation sites (tertiary alicyclic amines) is 1. The van der Waals surface area contributed by atoms with Gasteiger partial charge in [0.15, 0.2) is 0 Å². The van der Waals surface area contributed by atoms with Crippen molar-refractivity contribution in [1.29, 1.82) is 0 Å². The Labute approximate surface area is 154 Å². The fourth-order valence-electron chi connectivity index (χ4n) is 3.98. The third kappa shape index (κ3) is 3.87. The molecule has 0 radical (unpaired) electrons. The maximum Gasteiger partial charge on any atom is 0.243 e. The van der Waals surface area contributed by atoms with Crippen molar-refractivity contribution in [3.05, 3.63) is 28.7 Å². The number of nitrogens with zero attached hydrogens (tertiary/aromatic N) is 2. The first-order valence-electron chi connectivity index (χ1n) is 8.85. The minimum Gasteiger partial charge on any atom is -0.300 e. The summed E-state index contributed by atoms with van der Waals surface area (Å²) in [5, 5.41) is 0. The molecule has 1 aromatic rings. The Morgan fingerprint density at radius 2 is 1.88 bits per heavy atom. The predicted molar refractivity (Wildman–Crippen MR) is 100 cm³/mol. The summed E-state index contributed by atoms with van der Waals surface area (Å²) < 4.78 is 28.2. The smallest absolute Gasteiger partial charge is 0.243 e. The first kappa shape index (κ1) is 18.4. The molecule has 24 heavy (non-hydrogen) atoms. The maximum atomic E-state index is 12.9. The summed E-state index contributed by atoms with van der Waals surface area (Å²) in [6.45, 7) is 4.66. The maximum absolute atomic E-state index is 12.9. The number of hydrogen-bond donors (Lipinski definition) is 0. The van der Waals surface area contributed by atoms with Gasteiger partial charge in [0.1, 0.15) is 0 Å². The largest absolute Gasteiger partial charge is 0.300 e. The van der Waals surface area contributed by atoms with E-state index < -0.39 is 10.0 Å². The van der Waals surface area contributed by atoms with Gasteiger partial charge < -0.3 is 4.90 Å². The lowest BCUT2D eigenvalue weighted by atomic mass is 9.97. The Morgan fingerprint density at radius 1 is 1.17 bits per heavy atom. The molecular formula is C18H27BrN2O2S. The van der Waals surface area contributed by atoms with Crippen LogP contribution in [0.3, 0.4) is 0 Å². The number of benzene rings is 1. The van der Waals surface area contributed by atoms with Crippen molar-refractivity contribution in [3.8, 4) is 0 Å². The molecule has 0 N–H and O–H groups in total. The zero-order valence-corrected chi connectivity index (χ0v) is 16.9. The fraction of sp³-hybridized carbons (Fsp3) is 0.667. The summed E-state index contributed by atoms with van der Waals surface area (Å²) in [7, 11) is -1.69. The van der Waals surface area contributed by atoms with Gasteiger partial charge in [-0.05, 0) is 69.3 Å². The lowest BCUT2D eigenvalue weighted by Crippen LogP contribution is -2.41. The average molecular weight is 415 g/mol. The minimum absolute atomic E-state index is 0.110. The van der Waals surface area contributed by atoms with E-state index in [0.717, 1.165) is 29.7 Å². The Kier molecular flexibility index (Phi) is 5.69. The molecule has 1 saturated carbocycles. The van der Waals surface area contributed by atoms with Crippen LogP contribution in [0.1, 0.15) is 39.0 Å². The van der Waals surface area contributed by atoms with Crippen LogP contribution in [0, 0.1) is 5.92 Å². The van der Waals surface area contributed by atoms with E-state index in [2.05, 4.69) is 27.8 Å². The van der Waals surface area contributed by atoms with E-state index in [9.17, 15) is 8.42 Å². The van der Waals surface area contributed by atoms with Crippen LogP contribution in [0.25, 0.3) is 0 Å². The Balaban J connectivity index is 1.66. The van der Waals surface area contributed by atoms with E-state index >= 15 is 0 Å². The zero-order valence-electron chi connectivity index (χ0n) is 14.5. The molecule has 3 rings (SSSR count). The summed E-state index contributed by atoms with van der Waals surface area (Å²) in [4.78, 5) is 2.95. The second-order valence-electron chi connectivity index (χ2n) is 7.32. The molecule has 1 saturated heterocycles. The number of hydrogen-bond acceptors (Lipinski definition) is 3. The average Bonchev–Trinajstić information content (AvgIpc) is 3.04. The zero-order chi connectivity index (χ0) is 17.3. The van der Waals surface area contributed by atoms with Gasteiger partial charge in [-0.2, -0.15) is 4.31 Å². The van der Waals surface area contributed by atoms with E-state index in [1.54, 1.807) is 29.6 Å². The molecule has 2 atom stereocenters. The molecule has 2 fully saturated rings. The second-order valence-corrected chi connectivity index (χ2v) is 10.2. The van der Waals surface area contributed by atoms with Gasteiger partial charge in [0, 0.05) is 23.6 Å². The molecule has 0 unspecified atom stereocenters. The van der Waals surface area contributed by atoms with Crippen LogP contribution < -0.4 is 0 Å². The molecule has 1 aliphatic heterocycles. The molecule has 1 heterocycles. The van der Waals surface area contributed by atoms with Gasteiger partial charge >= 0.3 is 0 Å². The molecule has 0 spiro atoms. The highest BCUT2D eigenvalue weighted by atomic mass is 79.9. The highest BCUT2D eigenvalue weighted by Crippen LogP contribution is 2.33. The quantitative estimate of drug-likeness (QED) is 0.753. The number of halogens is 1. The summed E-state index contributed by atoms with van der Waals surface area (Å²) in [5.74, 6) is 0.832. The molecule has 1 aliphatic carbocycles. The lowest BCUT2D eigenvalue weighted by Gasteiger charge is -2.35. The van der Waals surface area contributed by atoms with E-state index in [1.165, 1.54) is 25.9 Å². The molecule has 134 valence electrons. The first-order valence-corrected chi connectivity index (χ1v) is 11.1. The number of piperidine rings is 1. The van der Waals surface area contributed by atoms with Crippen molar-refractivity contribution < 1.29 is 8.42 Å². The molecular weight excluding hydrogens is 388 g/mol. The van der Waals surface area contributed by atoms with Crippen molar-refractivity contribution in [2.45, 2.75) is 56.0 Å². The van der Waals surface area contributed by atoms with Crippen LogP contribution in [-0.2, 0) is 10.0 Å².